The Morgan fingerprint density at radius 2 is 2.04 bits per heavy atom. The van der Waals surface area contributed by atoms with Gasteiger partial charge in [-0.15, -0.1) is 24.8 Å². The van der Waals surface area contributed by atoms with Gasteiger partial charge >= 0.3 is 0 Å². The smallest absolute Gasteiger partial charge is 0.107 e. The minimum atomic E-state index is 0. The van der Waals surface area contributed by atoms with Crippen LogP contribution in [0.3, 0.4) is 0 Å². The maximum Gasteiger partial charge on any atom is 0.107 e. The first-order valence-corrected chi connectivity index (χ1v) is 9.76. The zero-order valence-electron chi connectivity index (χ0n) is 15.9. The molecule has 2 aliphatic heterocycles. The summed E-state index contributed by atoms with van der Waals surface area (Å²) >= 11 is 0. The molecule has 1 aromatic carbocycles. The van der Waals surface area contributed by atoms with E-state index >= 15 is 0 Å². The number of nitrogens with zero attached hydrogens (tertiary/aromatic N) is 4. The fourth-order valence-corrected chi connectivity index (χ4v) is 4.40. The van der Waals surface area contributed by atoms with Gasteiger partial charge in [0.25, 0.3) is 0 Å². The highest BCUT2D eigenvalue weighted by atomic mass is 35.5. The summed E-state index contributed by atoms with van der Waals surface area (Å²) in [5, 5.41) is 8.22. The van der Waals surface area contributed by atoms with Crippen LogP contribution in [0.25, 0.3) is 11.0 Å². The van der Waals surface area contributed by atoms with Crippen molar-refractivity contribution in [2.75, 3.05) is 19.6 Å². The highest BCUT2D eigenvalue weighted by molar-refractivity contribution is 5.85. The van der Waals surface area contributed by atoms with Gasteiger partial charge in [0, 0.05) is 32.6 Å². The monoisotopic (exact) mass is 422 g/mol. The number of imidazole rings is 1. The Hall–Kier alpha value is -1.60. The normalized spacial score (nSPS) is 19.6. The summed E-state index contributed by atoms with van der Waals surface area (Å²) in [6.07, 6.45) is 3.59. The lowest BCUT2D eigenvalue weighted by atomic mass is 9.94. The fraction of sp³-hybridized carbons (Fsp3) is 0.500. The first-order chi connectivity index (χ1) is 12.8. The first-order valence-electron chi connectivity index (χ1n) is 9.76. The van der Waals surface area contributed by atoms with Gasteiger partial charge in [-0.05, 0) is 43.5 Å². The Kier molecular flexibility index (Phi) is 6.99. The number of para-hydroxylation sites is 2. The van der Waals surface area contributed by atoms with Crippen LogP contribution in [-0.4, -0.2) is 44.3 Å². The number of hydrogen-bond acceptors (Lipinski definition) is 4. The molecule has 2 aliphatic rings. The molecule has 152 valence electrons. The summed E-state index contributed by atoms with van der Waals surface area (Å²) in [5.74, 6) is 1.80. The molecule has 3 aromatic rings. The number of aromatic amines is 1. The van der Waals surface area contributed by atoms with Crippen molar-refractivity contribution in [2.45, 2.75) is 38.9 Å². The number of benzene rings is 1. The van der Waals surface area contributed by atoms with E-state index in [1.54, 1.807) is 0 Å². The Morgan fingerprint density at radius 3 is 2.89 bits per heavy atom. The molecule has 0 spiro atoms. The van der Waals surface area contributed by atoms with E-state index in [1.807, 2.05) is 0 Å². The number of fused-ring (bicyclic) bond motifs is 2. The van der Waals surface area contributed by atoms with Crippen molar-refractivity contribution < 1.29 is 0 Å². The molecule has 8 heteroatoms. The van der Waals surface area contributed by atoms with Crippen molar-refractivity contribution in [3.8, 4) is 0 Å². The molecule has 2 N–H and O–H groups in total. The molecule has 1 fully saturated rings. The van der Waals surface area contributed by atoms with Crippen molar-refractivity contribution in [1.82, 2.24) is 30.0 Å². The molecule has 0 aliphatic carbocycles. The number of piperidine rings is 1. The lowest BCUT2D eigenvalue weighted by molar-refractivity contribution is 0.164. The molecule has 1 unspecified atom stereocenters. The second kappa shape index (κ2) is 9.27. The van der Waals surface area contributed by atoms with Crippen molar-refractivity contribution in [2.24, 2.45) is 5.92 Å². The molecule has 0 bridgehead atoms. The number of H-pyrrole nitrogens is 1. The number of hydrogen-bond donors (Lipinski definition) is 2. The van der Waals surface area contributed by atoms with Gasteiger partial charge in [-0.1, -0.05) is 12.1 Å². The van der Waals surface area contributed by atoms with Gasteiger partial charge in [0.15, 0.2) is 0 Å². The Labute approximate surface area is 177 Å². The molecular weight excluding hydrogens is 395 g/mol. The zero-order valence-corrected chi connectivity index (χ0v) is 17.6. The second-order valence-corrected chi connectivity index (χ2v) is 7.68. The van der Waals surface area contributed by atoms with Crippen LogP contribution < -0.4 is 5.32 Å². The summed E-state index contributed by atoms with van der Waals surface area (Å²) in [4.78, 5) is 10.8. The minimum absolute atomic E-state index is 0. The van der Waals surface area contributed by atoms with Gasteiger partial charge in [0.1, 0.15) is 5.82 Å². The molecule has 5 rings (SSSR count). The van der Waals surface area contributed by atoms with E-state index in [4.69, 9.17) is 10.1 Å². The second-order valence-electron chi connectivity index (χ2n) is 7.68. The van der Waals surface area contributed by atoms with Crippen molar-refractivity contribution >= 4 is 35.8 Å². The van der Waals surface area contributed by atoms with E-state index in [2.05, 4.69) is 50.2 Å². The molecule has 0 saturated carbocycles. The number of likely N-dealkylation sites (tertiary alicyclic amines) is 1. The van der Waals surface area contributed by atoms with E-state index in [9.17, 15) is 0 Å². The van der Waals surface area contributed by atoms with Gasteiger partial charge in [0.2, 0.25) is 0 Å². The van der Waals surface area contributed by atoms with Crippen LogP contribution in [0.2, 0.25) is 0 Å². The summed E-state index contributed by atoms with van der Waals surface area (Å²) < 4.78 is 2.17. The molecule has 0 amide bonds. The van der Waals surface area contributed by atoms with Crippen LogP contribution in [0.5, 0.6) is 0 Å². The highest BCUT2D eigenvalue weighted by Gasteiger charge is 2.22. The van der Waals surface area contributed by atoms with Crippen LogP contribution in [0.1, 0.15) is 30.1 Å². The molecule has 0 radical (unpaired) electrons. The maximum atomic E-state index is 4.80. The molecule has 4 heterocycles. The molecule has 1 atom stereocenters. The SMILES string of the molecule is Cl.Cl.c1ccc2[nH]c(CC3CCCN(Cc4cc5n(n4)CCNC5)C3)nc2c1. The van der Waals surface area contributed by atoms with Crippen molar-refractivity contribution in [3.05, 3.63) is 47.5 Å². The first kappa shape index (κ1) is 21.1. The van der Waals surface area contributed by atoms with E-state index in [0.717, 1.165) is 56.0 Å². The zero-order chi connectivity index (χ0) is 17.3. The standard InChI is InChI=1S/C20H26N6.2ClH/c1-2-6-19-18(5-1)22-20(23-19)10-15-4-3-8-25(13-15)14-16-11-17-12-21-7-9-26(17)24-16;;/h1-2,5-6,11,15,21H,3-4,7-10,12-14H2,(H,22,23);2*1H. The Morgan fingerprint density at radius 1 is 1.14 bits per heavy atom. The van der Waals surface area contributed by atoms with Crippen LogP contribution >= 0.6 is 24.8 Å². The van der Waals surface area contributed by atoms with Gasteiger partial charge in [-0.2, -0.15) is 5.10 Å². The van der Waals surface area contributed by atoms with Crippen LogP contribution in [0.15, 0.2) is 30.3 Å². The lowest BCUT2D eigenvalue weighted by Crippen LogP contribution is -2.36. The average Bonchev–Trinajstić information content (AvgIpc) is 3.24. The molecule has 6 nitrogen and oxygen atoms in total. The largest absolute Gasteiger partial charge is 0.342 e. The third-order valence-electron chi connectivity index (χ3n) is 5.63. The van der Waals surface area contributed by atoms with Gasteiger partial charge in [0.05, 0.1) is 29.0 Å². The van der Waals surface area contributed by atoms with Crippen LogP contribution in [-0.2, 0) is 26.1 Å². The van der Waals surface area contributed by atoms with E-state index in [-0.39, 0.29) is 24.8 Å². The number of aromatic nitrogens is 4. The Bertz CT molecular complexity index is 849. The number of halogens is 2. The van der Waals surface area contributed by atoms with E-state index in [0.29, 0.717) is 5.92 Å². The molecular formula is C20H28Cl2N6. The summed E-state index contributed by atoms with van der Waals surface area (Å²) in [7, 11) is 0. The van der Waals surface area contributed by atoms with Gasteiger partial charge in [-0.25, -0.2) is 4.98 Å². The molecule has 1 saturated heterocycles. The number of nitrogens with one attached hydrogen (secondary N) is 2. The quantitative estimate of drug-likeness (QED) is 0.677. The van der Waals surface area contributed by atoms with E-state index in [1.165, 1.54) is 30.8 Å². The predicted octanol–water partition coefficient (Wildman–Crippen LogP) is 3.16. The van der Waals surface area contributed by atoms with E-state index < -0.39 is 0 Å². The third kappa shape index (κ3) is 4.51. The number of rotatable bonds is 4. The van der Waals surface area contributed by atoms with Crippen LogP contribution in [0.4, 0.5) is 0 Å². The summed E-state index contributed by atoms with van der Waals surface area (Å²) in [6.45, 7) is 6.24. The topological polar surface area (TPSA) is 61.8 Å². The molecule has 2 aromatic heterocycles. The summed E-state index contributed by atoms with van der Waals surface area (Å²) in [6, 6.07) is 10.6. The fourth-order valence-electron chi connectivity index (χ4n) is 4.40. The average molecular weight is 423 g/mol. The predicted molar refractivity (Wildman–Crippen MR) is 116 cm³/mol. The molecule has 28 heavy (non-hydrogen) atoms. The van der Waals surface area contributed by atoms with Gasteiger partial charge < -0.3 is 10.3 Å². The maximum absolute atomic E-state index is 4.80. The van der Waals surface area contributed by atoms with Crippen molar-refractivity contribution in [1.29, 1.82) is 0 Å². The minimum Gasteiger partial charge on any atom is -0.342 e. The third-order valence-corrected chi connectivity index (χ3v) is 5.63. The lowest BCUT2D eigenvalue weighted by Gasteiger charge is -2.31. The van der Waals surface area contributed by atoms with Crippen LogP contribution in [0, 0.1) is 5.92 Å². The summed E-state index contributed by atoms with van der Waals surface area (Å²) in [5.41, 5.74) is 4.76. The van der Waals surface area contributed by atoms with Crippen molar-refractivity contribution in [3.63, 3.8) is 0 Å². The highest BCUT2D eigenvalue weighted by Crippen LogP contribution is 2.23. The Balaban J connectivity index is 0.00000112. The van der Waals surface area contributed by atoms with Gasteiger partial charge in [-0.3, -0.25) is 9.58 Å².